The largest absolute Gasteiger partial charge is 0.332 e. The van der Waals surface area contributed by atoms with Crippen molar-refractivity contribution in [3.05, 3.63) is 119 Å². The number of rotatable bonds is 6. The van der Waals surface area contributed by atoms with Gasteiger partial charge in [0.2, 0.25) is 10.0 Å². The van der Waals surface area contributed by atoms with Crippen molar-refractivity contribution < 1.29 is 8.42 Å². The Morgan fingerprint density at radius 1 is 0.868 bits per heavy atom. The van der Waals surface area contributed by atoms with Gasteiger partial charge in [-0.25, -0.2) is 13.6 Å². The minimum atomic E-state index is -3.78. The maximum absolute atomic E-state index is 11.7. The molecule has 0 spiro atoms. The maximum atomic E-state index is 11.7. The first kappa shape index (κ1) is 26.1. The molecule has 4 aromatic carbocycles. The summed E-state index contributed by atoms with van der Waals surface area (Å²) in [7, 11) is -3.78. The molecule has 7 nitrogen and oxygen atoms in total. The number of para-hydroxylation sites is 1. The van der Waals surface area contributed by atoms with Crippen molar-refractivity contribution in [3.63, 3.8) is 0 Å². The van der Waals surface area contributed by atoms with Crippen molar-refractivity contribution in [2.24, 2.45) is 10.2 Å². The molecule has 0 saturated heterocycles. The average molecular weight is 607 g/mol. The third kappa shape index (κ3) is 6.11. The summed E-state index contributed by atoms with van der Waals surface area (Å²) < 4.78 is 24.4. The quantitative estimate of drug-likeness (QED) is 0.224. The molecule has 0 bridgehead atoms. The molecular formula is C28H24BrN5O2S2. The Kier molecular flexibility index (Phi) is 7.57. The summed E-state index contributed by atoms with van der Waals surface area (Å²) in [4.78, 5) is 0.0626. The van der Waals surface area contributed by atoms with E-state index in [-0.39, 0.29) is 10.9 Å². The molecule has 10 heteroatoms. The molecule has 0 aliphatic carbocycles. The molecule has 1 heterocycles. The van der Waals surface area contributed by atoms with Crippen molar-refractivity contribution >= 4 is 66.1 Å². The van der Waals surface area contributed by atoms with Gasteiger partial charge in [0.05, 0.1) is 22.3 Å². The van der Waals surface area contributed by atoms with Gasteiger partial charge in [-0.15, -0.1) is 0 Å². The van der Waals surface area contributed by atoms with Crippen molar-refractivity contribution in [1.29, 1.82) is 0 Å². The van der Waals surface area contributed by atoms with Gasteiger partial charge >= 0.3 is 0 Å². The standard InChI is InChI=1S/C28H24BrN5O2S2/c29-21-10-6-20(7-11-21)27-18-26(33-34(27)24-14-16-25(17-15-24)38(30,35)36)19-8-12-23(13-9-19)32-28(37)31-22-4-2-1-3-5-22/h1-17,27H,18H2,(H2,30,35,36)(H2,31,32,37). The number of nitrogens with two attached hydrogens (primary N) is 1. The zero-order valence-electron chi connectivity index (χ0n) is 20.1. The number of hydrogen-bond donors (Lipinski definition) is 3. The zero-order chi connectivity index (χ0) is 26.7. The monoisotopic (exact) mass is 605 g/mol. The van der Waals surface area contributed by atoms with Crippen LogP contribution in [0, 0.1) is 0 Å². The number of sulfonamides is 1. The van der Waals surface area contributed by atoms with E-state index < -0.39 is 10.0 Å². The molecule has 0 fully saturated rings. The first-order chi connectivity index (χ1) is 18.3. The lowest BCUT2D eigenvalue weighted by Gasteiger charge is -2.24. The number of benzene rings is 4. The number of nitrogens with one attached hydrogen (secondary N) is 2. The number of primary sulfonamides is 1. The summed E-state index contributed by atoms with van der Waals surface area (Å²) in [5.41, 5.74) is 5.56. The van der Waals surface area contributed by atoms with Crippen LogP contribution in [-0.4, -0.2) is 19.2 Å². The van der Waals surface area contributed by atoms with Crippen molar-refractivity contribution in [2.45, 2.75) is 17.4 Å². The minimum absolute atomic E-state index is 0.0566. The summed E-state index contributed by atoms with van der Waals surface area (Å²) in [5, 5.41) is 19.0. The molecular weight excluding hydrogens is 582 g/mol. The van der Waals surface area contributed by atoms with Gasteiger partial charge in [-0.3, -0.25) is 5.01 Å². The lowest BCUT2D eigenvalue weighted by atomic mass is 9.98. The van der Waals surface area contributed by atoms with Crippen molar-refractivity contribution in [3.8, 4) is 0 Å². The Morgan fingerprint density at radius 3 is 2.08 bits per heavy atom. The Bertz CT molecular complexity index is 1580. The maximum Gasteiger partial charge on any atom is 0.238 e. The fourth-order valence-electron chi connectivity index (χ4n) is 4.22. The Morgan fingerprint density at radius 2 is 1.47 bits per heavy atom. The Balaban J connectivity index is 1.38. The van der Waals surface area contributed by atoms with Crippen LogP contribution in [-0.2, 0) is 10.0 Å². The van der Waals surface area contributed by atoms with Crippen LogP contribution in [0.25, 0.3) is 0 Å². The molecule has 0 aromatic heterocycles. The molecule has 5 rings (SSSR count). The Labute approximate surface area is 235 Å². The molecule has 1 atom stereocenters. The highest BCUT2D eigenvalue weighted by molar-refractivity contribution is 9.10. The molecule has 4 N–H and O–H groups in total. The second-order valence-corrected chi connectivity index (χ2v) is 11.6. The second-order valence-electron chi connectivity index (χ2n) is 8.72. The van der Waals surface area contributed by atoms with Gasteiger partial charge < -0.3 is 10.6 Å². The van der Waals surface area contributed by atoms with Gasteiger partial charge in [0.15, 0.2) is 5.11 Å². The minimum Gasteiger partial charge on any atom is -0.332 e. The van der Waals surface area contributed by atoms with Gasteiger partial charge in [-0.05, 0) is 84.0 Å². The third-order valence-electron chi connectivity index (χ3n) is 6.10. The van der Waals surface area contributed by atoms with Crippen molar-refractivity contribution in [2.75, 3.05) is 15.6 Å². The lowest BCUT2D eigenvalue weighted by Crippen LogP contribution is -2.19. The molecule has 1 unspecified atom stereocenters. The van der Waals surface area contributed by atoms with E-state index in [1.807, 2.05) is 71.7 Å². The molecule has 192 valence electrons. The van der Waals surface area contributed by atoms with Crippen LogP contribution in [0.5, 0.6) is 0 Å². The number of anilines is 3. The summed E-state index contributed by atoms with van der Waals surface area (Å²) in [6.45, 7) is 0. The fraction of sp³-hybridized carbons (Fsp3) is 0.0714. The third-order valence-corrected chi connectivity index (χ3v) is 7.76. The van der Waals surface area contributed by atoms with Gasteiger partial charge in [-0.2, -0.15) is 5.10 Å². The predicted molar refractivity (Wildman–Crippen MR) is 161 cm³/mol. The van der Waals surface area contributed by atoms with Crippen molar-refractivity contribution in [1.82, 2.24) is 0 Å². The van der Waals surface area contributed by atoms with Crippen LogP contribution in [0.2, 0.25) is 0 Å². The van der Waals surface area contributed by atoms with Gasteiger partial charge in [0.25, 0.3) is 0 Å². The van der Waals surface area contributed by atoms with Gasteiger partial charge in [0.1, 0.15) is 0 Å². The summed E-state index contributed by atoms with van der Waals surface area (Å²) in [6.07, 6.45) is 0.680. The first-order valence-corrected chi connectivity index (χ1v) is 14.5. The Hall–Kier alpha value is -3.57. The van der Waals surface area contributed by atoms with E-state index in [2.05, 4.69) is 38.7 Å². The van der Waals surface area contributed by atoms with E-state index in [1.165, 1.54) is 12.1 Å². The molecule has 0 saturated carbocycles. The highest BCUT2D eigenvalue weighted by Crippen LogP contribution is 2.37. The highest BCUT2D eigenvalue weighted by Gasteiger charge is 2.30. The number of halogens is 1. The first-order valence-electron chi connectivity index (χ1n) is 11.7. The second kappa shape index (κ2) is 11.0. The van der Waals surface area contributed by atoms with Crippen LogP contribution >= 0.6 is 28.1 Å². The summed E-state index contributed by atoms with van der Waals surface area (Å²) >= 11 is 8.94. The average Bonchev–Trinajstić information content (AvgIpc) is 3.35. The van der Waals surface area contributed by atoms with Crippen LogP contribution < -0.4 is 20.8 Å². The summed E-state index contributed by atoms with van der Waals surface area (Å²) in [6, 6.07) is 32.2. The van der Waals surface area contributed by atoms with E-state index in [1.54, 1.807) is 12.1 Å². The molecule has 38 heavy (non-hydrogen) atoms. The molecule has 1 aliphatic heterocycles. The van der Waals surface area contributed by atoms with Crippen LogP contribution in [0.4, 0.5) is 17.1 Å². The zero-order valence-corrected chi connectivity index (χ0v) is 23.3. The SMILES string of the molecule is NS(=O)(=O)c1ccc(N2N=C(c3ccc(NC(=S)Nc4ccccc4)cc3)CC2c2ccc(Br)cc2)cc1. The lowest BCUT2D eigenvalue weighted by molar-refractivity contribution is 0.597. The van der Waals surface area contributed by atoms with E-state index in [0.29, 0.717) is 11.5 Å². The normalized spacial score (nSPS) is 15.2. The molecule has 0 amide bonds. The van der Waals surface area contributed by atoms with E-state index in [0.717, 1.165) is 38.4 Å². The van der Waals surface area contributed by atoms with Crippen LogP contribution in [0.3, 0.4) is 0 Å². The van der Waals surface area contributed by atoms with E-state index >= 15 is 0 Å². The van der Waals surface area contributed by atoms with Crippen LogP contribution in [0.15, 0.2) is 118 Å². The number of hydrogen-bond acceptors (Lipinski definition) is 5. The highest BCUT2D eigenvalue weighted by atomic mass is 79.9. The fourth-order valence-corrected chi connectivity index (χ4v) is 5.23. The molecule has 0 radical (unpaired) electrons. The van der Waals surface area contributed by atoms with Gasteiger partial charge in [0, 0.05) is 22.3 Å². The molecule has 1 aliphatic rings. The van der Waals surface area contributed by atoms with Crippen LogP contribution in [0.1, 0.15) is 23.6 Å². The van der Waals surface area contributed by atoms with E-state index in [4.69, 9.17) is 22.5 Å². The van der Waals surface area contributed by atoms with E-state index in [9.17, 15) is 8.42 Å². The smallest absolute Gasteiger partial charge is 0.238 e. The molecule has 4 aromatic rings. The number of nitrogens with zero attached hydrogens (tertiary/aromatic N) is 2. The van der Waals surface area contributed by atoms with Gasteiger partial charge in [-0.1, -0.05) is 58.4 Å². The number of hydrazone groups is 1. The number of thiocarbonyl (C=S) groups is 1. The predicted octanol–water partition coefficient (Wildman–Crippen LogP) is 6.26. The topological polar surface area (TPSA) is 99.8 Å². The summed E-state index contributed by atoms with van der Waals surface area (Å²) in [5.74, 6) is 0.